The lowest BCUT2D eigenvalue weighted by Crippen LogP contribution is -2.38. The first-order valence-corrected chi connectivity index (χ1v) is 8.36. The lowest BCUT2D eigenvalue weighted by Gasteiger charge is -2.26. The Morgan fingerprint density at radius 3 is 2.20 bits per heavy atom. The second-order valence-corrected chi connectivity index (χ2v) is 7.19. The van der Waals surface area contributed by atoms with Gasteiger partial charge >= 0.3 is 6.18 Å². The molecular weight excluding hydrogens is 331 g/mol. The molecule has 7 heteroatoms. The number of halogens is 3. The van der Waals surface area contributed by atoms with E-state index in [2.05, 4.69) is 4.98 Å². The van der Waals surface area contributed by atoms with Gasteiger partial charge in [0.25, 0.3) is 5.91 Å². The van der Waals surface area contributed by atoms with Crippen LogP contribution in [-0.2, 0) is 6.18 Å². The van der Waals surface area contributed by atoms with E-state index in [4.69, 9.17) is 0 Å². The number of alkyl halides is 3. The molecule has 25 heavy (non-hydrogen) atoms. The molecule has 1 amide bonds. The van der Waals surface area contributed by atoms with Gasteiger partial charge in [0.2, 0.25) is 0 Å². The summed E-state index contributed by atoms with van der Waals surface area (Å²) in [6, 6.07) is 2.28. The molecule has 0 N–H and O–H groups in total. The predicted octanol–water partition coefficient (Wildman–Crippen LogP) is 4.42. The van der Waals surface area contributed by atoms with Gasteiger partial charge < -0.3 is 4.90 Å². The summed E-state index contributed by atoms with van der Waals surface area (Å²) in [7, 11) is 0. The summed E-state index contributed by atoms with van der Waals surface area (Å²) in [5, 5.41) is 0. The molecule has 4 nitrogen and oxygen atoms in total. The summed E-state index contributed by atoms with van der Waals surface area (Å²) in [4.78, 5) is 19.0. The van der Waals surface area contributed by atoms with Crippen LogP contribution >= 0.6 is 0 Å². The summed E-state index contributed by atoms with van der Waals surface area (Å²) in [6.45, 7) is 10.8. The van der Waals surface area contributed by atoms with E-state index in [0.717, 1.165) is 12.3 Å². The zero-order valence-electron chi connectivity index (χ0n) is 15.2. The molecule has 0 unspecified atom stereocenters. The van der Waals surface area contributed by atoms with Crippen molar-refractivity contribution >= 4 is 11.6 Å². The summed E-state index contributed by atoms with van der Waals surface area (Å²) in [5.74, 6) is 0.229. The summed E-state index contributed by atoms with van der Waals surface area (Å²) in [5.41, 5.74) is 0.165. The van der Waals surface area contributed by atoms with Crippen molar-refractivity contribution in [3.05, 3.63) is 35.3 Å². The van der Waals surface area contributed by atoms with Gasteiger partial charge in [-0.1, -0.05) is 27.7 Å². The van der Waals surface area contributed by atoms with Crippen LogP contribution in [0.25, 0.3) is 5.65 Å². The second-order valence-electron chi connectivity index (χ2n) is 7.19. The normalized spacial score (nSPS) is 12.4. The third-order valence-electron chi connectivity index (χ3n) is 3.78. The molecule has 0 aromatic carbocycles. The van der Waals surface area contributed by atoms with E-state index >= 15 is 0 Å². The fraction of sp³-hybridized carbons (Fsp3) is 0.556. The van der Waals surface area contributed by atoms with E-state index in [1.807, 2.05) is 27.7 Å². The minimum absolute atomic E-state index is 0.197. The zero-order chi connectivity index (χ0) is 18.9. The zero-order valence-corrected chi connectivity index (χ0v) is 15.2. The Labute approximate surface area is 145 Å². The van der Waals surface area contributed by atoms with Crippen LogP contribution in [0.1, 0.15) is 49.4 Å². The number of nitrogens with zero attached hydrogens (tertiary/aromatic N) is 3. The number of hydrogen-bond acceptors (Lipinski definition) is 2. The van der Waals surface area contributed by atoms with Crippen molar-refractivity contribution < 1.29 is 18.0 Å². The van der Waals surface area contributed by atoms with E-state index in [1.165, 1.54) is 10.5 Å². The molecule has 0 aliphatic carbocycles. The highest BCUT2D eigenvalue weighted by Crippen LogP contribution is 2.30. The van der Waals surface area contributed by atoms with Crippen LogP contribution < -0.4 is 0 Å². The van der Waals surface area contributed by atoms with Crippen LogP contribution in [0.4, 0.5) is 13.2 Å². The summed E-state index contributed by atoms with van der Waals surface area (Å²) in [6.07, 6.45) is -3.52. The quantitative estimate of drug-likeness (QED) is 0.796. The number of fused-ring (bicyclic) bond motifs is 1. The van der Waals surface area contributed by atoms with Crippen LogP contribution in [0.15, 0.2) is 18.3 Å². The van der Waals surface area contributed by atoms with Crippen LogP contribution in [0.5, 0.6) is 0 Å². The van der Waals surface area contributed by atoms with Crippen molar-refractivity contribution in [2.45, 2.75) is 40.8 Å². The highest BCUT2D eigenvalue weighted by atomic mass is 19.4. The first kappa shape index (κ1) is 19.3. The summed E-state index contributed by atoms with van der Waals surface area (Å²) >= 11 is 0. The Kier molecular flexibility index (Phi) is 5.44. The second kappa shape index (κ2) is 7.06. The molecule has 0 radical (unpaired) electrons. The predicted molar refractivity (Wildman–Crippen MR) is 90.5 cm³/mol. The van der Waals surface area contributed by atoms with Crippen molar-refractivity contribution in [3.8, 4) is 0 Å². The molecule has 0 aliphatic heterocycles. The first-order valence-electron chi connectivity index (χ1n) is 8.36. The Balaban J connectivity index is 2.53. The molecule has 0 fully saturated rings. The monoisotopic (exact) mass is 355 g/mol. The number of aromatic nitrogens is 2. The molecular formula is C18H24F3N3O. The van der Waals surface area contributed by atoms with Crippen molar-refractivity contribution in [1.29, 1.82) is 0 Å². The van der Waals surface area contributed by atoms with Crippen LogP contribution in [0.3, 0.4) is 0 Å². The van der Waals surface area contributed by atoms with E-state index in [0.29, 0.717) is 24.4 Å². The number of pyridine rings is 1. The van der Waals surface area contributed by atoms with Crippen molar-refractivity contribution in [2.24, 2.45) is 11.8 Å². The molecule has 0 spiro atoms. The van der Waals surface area contributed by atoms with Gasteiger partial charge in [0.1, 0.15) is 11.3 Å². The van der Waals surface area contributed by atoms with Gasteiger partial charge in [0, 0.05) is 19.3 Å². The number of rotatable bonds is 5. The van der Waals surface area contributed by atoms with Gasteiger partial charge in [0.15, 0.2) is 0 Å². The van der Waals surface area contributed by atoms with E-state index in [9.17, 15) is 18.0 Å². The van der Waals surface area contributed by atoms with E-state index < -0.39 is 11.7 Å². The van der Waals surface area contributed by atoms with Crippen LogP contribution in [0, 0.1) is 18.8 Å². The number of carbonyl (C=O) groups excluding carboxylic acids is 1. The lowest BCUT2D eigenvalue weighted by molar-refractivity contribution is -0.137. The highest BCUT2D eigenvalue weighted by molar-refractivity contribution is 5.94. The smallest absolute Gasteiger partial charge is 0.337 e. The number of imidazole rings is 1. The third-order valence-corrected chi connectivity index (χ3v) is 3.78. The van der Waals surface area contributed by atoms with Gasteiger partial charge in [-0.3, -0.25) is 9.20 Å². The van der Waals surface area contributed by atoms with Gasteiger partial charge in [-0.05, 0) is 30.9 Å². The summed E-state index contributed by atoms with van der Waals surface area (Å²) < 4.78 is 40.3. The molecule has 2 rings (SSSR count). The SMILES string of the molecule is Cc1nc2ccc(C(F)(F)F)cn2c1C(=O)N(CC(C)C)CC(C)C. The van der Waals surface area contributed by atoms with Gasteiger partial charge in [-0.25, -0.2) is 4.98 Å². The van der Waals surface area contributed by atoms with E-state index in [1.54, 1.807) is 11.8 Å². The maximum Gasteiger partial charge on any atom is 0.417 e. The number of aryl methyl sites for hydroxylation is 1. The Bertz CT molecular complexity index is 753. The molecule has 0 saturated carbocycles. The van der Waals surface area contributed by atoms with Crippen LogP contribution in [-0.4, -0.2) is 33.3 Å². The highest BCUT2D eigenvalue weighted by Gasteiger charge is 2.32. The maximum absolute atomic E-state index is 13.1. The fourth-order valence-electron chi connectivity index (χ4n) is 2.86. The van der Waals surface area contributed by atoms with Gasteiger partial charge in [-0.2, -0.15) is 13.2 Å². The molecule has 0 bridgehead atoms. The first-order chi connectivity index (χ1) is 11.5. The van der Waals surface area contributed by atoms with Crippen molar-refractivity contribution in [2.75, 3.05) is 13.1 Å². The fourth-order valence-corrected chi connectivity index (χ4v) is 2.86. The number of amides is 1. The van der Waals surface area contributed by atoms with Gasteiger partial charge in [-0.15, -0.1) is 0 Å². The largest absolute Gasteiger partial charge is 0.417 e. The Morgan fingerprint density at radius 2 is 1.72 bits per heavy atom. The molecule has 138 valence electrons. The van der Waals surface area contributed by atoms with Crippen molar-refractivity contribution in [1.82, 2.24) is 14.3 Å². The maximum atomic E-state index is 13.1. The topological polar surface area (TPSA) is 37.6 Å². The van der Waals surface area contributed by atoms with Gasteiger partial charge in [0.05, 0.1) is 11.3 Å². The molecule has 0 aliphatic rings. The Morgan fingerprint density at radius 1 is 1.16 bits per heavy atom. The minimum Gasteiger partial charge on any atom is -0.337 e. The van der Waals surface area contributed by atoms with Crippen LogP contribution in [0.2, 0.25) is 0 Å². The number of hydrogen-bond donors (Lipinski definition) is 0. The molecule has 0 atom stereocenters. The molecule has 2 heterocycles. The minimum atomic E-state index is -4.47. The standard InChI is InChI=1S/C18H24F3N3O/c1-11(2)8-23(9-12(3)4)17(25)16-13(5)22-15-7-6-14(10-24(15)16)18(19,20)21/h6-7,10-12H,8-9H2,1-5H3. The lowest BCUT2D eigenvalue weighted by atomic mass is 10.1. The average molecular weight is 355 g/mol. The average Bonchev–Trinajstić information content (AvgIpc) is 2.78. The molecule has 0 saturated heterocycles. The molecule has 2 aromatic heterocycles. The molecule has 2 aromatic rings. The number of carbonyl (C=O) groups is 1. The van der Waals surface area contributed by atoms with Crippen molar-refractivity contribution in [3.63, 3.8) is 0 Å². The Hall–Kier alpha value is -2.05. The third kappa shape index (κ3) is 4.32. The van der Waals surface area contributed by atoms with E-state index in [-0.39, 0.29) is 23.4 Å².